The highest BCUT2D eigenvalue weighted by Gasteiger charge is 2.33. The molecule has 2 aliphatic heterocycles. The van der Waals surface area contributed by atoms with Gasteiger partial charge in [-0.2, -0.15) is 5.26 Å². The molecule has 1 fully saturated rings. The van der Waals surface area contributed by atoms with Gasteiger partial charge in [0.25, 0.3) is 0 Å². The van der Waals surface area contributed by atoms with E-state index in [0.717, 1.165) is 22.5 Å². The lowest BCUT2D eigenvalue weighted by molar-refractivity contribution is -0.127. The molecule has 6 rings (SSSR count). The Hall–Kier alpha value is -3.70. The van der Waals surface area contributed by atoms with E-state index >= 15 is 4.39 Å². The molecule has 0 aliphatic carbocycles. The fourth-order valence-corrected chi connectivity index (χ4v) is 7.67. The van der Waals surface area contributed by atoms with E-state index in [4.69, 9.17) is 31.0 Å². The third-order valence-electron chi connectivity index (χ3n) is 7.57. The molecule has 0 unspecified atom stereocenters. The van der Waals surface area contributed by atoms with Crippen molar-refractivity contribution in [3.8, 4) is 17.2 Å². The number of carbonyl (C=O) groups is 2. The van der Waals surface area contributed by atoms with Crippen LogP contribution in [0.4, 0.5) is 20.0 Å². The third kappa shape index (κ3) is 5.65. The zero-order valence-electron chi connectivity index (χ0n) is 25.3. The van der Waals surface area contributed by atoms with Gasteiger partial charge in [0.2, 0.25) is 5.91 Å². The molecular formula is C31H30ClFN6O4S2. The van der Waals surface area contributed by atoms with Crippen molar-refractivity contribution >= 4 is 78.5 Å². The van der Waals surface area contributed by atoms with Gasteiger partial charge < -0.3 is 19.7 Å². The number of amides is 2. The molecule has 4 aromatic rings. The number of halogens is 2. The second-order valence-electron chi connectivity index (χ2n) is 11.7. The molecule has 0 bridgehead atoms. The smallest absolute Gasteiger partial charge is 0.412 e. The fraction of sp³-hybridized carbons (Fsp3) is 0.387. The number of nitrogens with zero attached hydrogens (tertiary/aromatic N) is 4. The highest BCUT2D eigenvalue weighted by molar-refractivity contribution is 7.99. The van der Waals surface area contributed by atoms with Crippen molar-refractivity contribution in [2.75, 3.05) is 30.0 Å². The predicted molar refractivity (Wildman–Crippen MR) is 174 cm³/mol. The van der Waals surface area contributed by atoms with Crippen LogP contribution in [0.15, 0.2) is 17.3 Å². The Morgan fingerprint density at radius 1 is 1.29 bits per heavy atom. The summed E-state index contributed by atoms with van der Waals surface area (Å²) >= 11 is 9.64. The van der Waals surface area contributed by atoms with Crippen LogP contribution in [0.25, 0.3) is 32.1 Å². The van der Waals surface area contributed by atoms with Crippen LogP contribution in [-0.2, 0) is 27.5 Å². The molecule has 2 aliphatic rings. The summed E-state index contributed by atoms with van der Waals surface area (Å²) in [5.41, 5.74) is 2.42. The van der Waals surface area contributed by atoms with Gasteiger partial charge in [0.05, 0.1) is 39.4 Å². The van der Waals surface area contributed by atoms with Gasteiger partial charge in [0.1, 0.15) is 34.3 Å². The molecule has 2 amide bonds. The Morgan fingerprint density at radius 3 is 2.71 bits per heavy atom. The van der Waals surface area contributed by atoms with Crippen molar-refractivity contribution in [2.45, 2.75) is 64.1 Å². The van der Waals surface area contributed by atoms with Crippen LogP contribution >= 0.6 is 34.7 Å². The molecule has 234 valence electrons. The minimum Gasteiger partial charge on any atom is -0.444 e. The Kier molecular flexibility index (Phi) is 8.28. The van der Waals surface area contributed by atoms with Crippen LogP contribution in [0.5, 0.6) is 0 Å². The summed E-state index contributed by atoms with van der Waals surface area (Å²) in [5.74, 6) is 0.647. The number of ether oxygens (including phenoxy) is 2. The number of aromatic nitrogens is 2. The standard InChI is InChI=1S/C31H30ClFN6O4S2/c1-6-44-29-36-24-22(26(37-29)35-19-9-10-39(5)28(19)40)17-13-42-12-16(17)20(23(24)32)14-7-8-18(33)25-21(14)15(11-34)27(45-25)38-30(41)43-31(2,3)4/h7-8,19H,6,9-10,12-13H2,1-5H3,(H,38,41)(H,35,36,37)/t19-/m1/s1. The van der Waals surface area contributed by atoms with Gasteiger partial charge in [-0.25, -0.2) is 19.2 Å². The Labute approximate surface area is 272 Å². The molecular weight excluding hydrogens is 639 g/mol. The Bertz CT molecular complexity index is 1940. The van der Waals surface area contributed by atoms with Crippen molar-refractivity contribution in [1.82, 2.24) is 14.9 Å². The number of likely N-dealkylation sites (N-methyl/N-ethyl adjacent to an activating group) is 1. The van der Waals surface area contributed by atoms with E-state index in [9.17, 15) is 14.9 Å². The zero-order chi connectivity index (χ0) is 32.2. The fourth-order valence-electron chi connectivity index (χ4n) is 5.68. The number of carbonyl (C=O) groups excluding carboxylic acids is 2. The summed E-state index contributed by atoms with van der Waals surface area (Å²) < 4.78 is 26.8. The molecule has 1 saturated heterocycles. The molecule has 4 heterocycles. The molecule has 0 radical (unpaired) electrons. The predicted octanol–water partition coefficient (Wildman–Crippen LogP) is 7.31. The normalized spacial score (nSPS) is 16.4. The SMILES string of the molecule is CCSc1nc(N[C@@H]2CCN(C)C2=O)c2c3c(c(-c4ccc(F)c5sc(NC(=O)OC(C)(C)C)c(C#N)c45)c(Cl)c2n1)COC3. The van der Waals surface area contributed by atoms with Crippen LogP contribution in [-0.4, -0.2) is 57.9 Å². The summed E-state index contributed by atoms with van der Waals surface area (Å²) in [4.78, 5) is 36.8. The highest BCUT2D eigenvalue weighted by Crippen LogP contribution is 2.49. The van der Waals surface area contributed by atoms with E-state index in [2.05, 4.69) is 16.7 Å². The van der Waals surface area contributed by atoms with E-state index in [-0.39, 0.29) is 39.4 Å². The molecule has 14 heteroatoms. The number of anilines is 2. The quantitative estimate of drug-likeness (QED) is 0.160. The molecule has 45 heavy (non-hydrogen) atoms. The molecule has 10 nitrogen and oxygen atoms in total. The maximum atomic E-state index is 15.3. The van der Waals surface area contributed by atoms with E-state index in [1.165, 1.54) is 17.8 Å². The third-order valence-corrected chi connectivity index (χ3v) is 9.79. The molecule has 2 aromatic heterocycles. The van der Waals surface area contributed by atoms with Crippen LogP contribution in [0, 0.1) is 17.1 Å². The van der Waals surface area contributed by atoms with E-state index in [1.54, 1.807) is 38.8 Å². The zero-order valence-corrected chi connectivity index (χ0v) is 27.7. The van der Waals surface area contributed by atoms with Crippen molar-refractivity contribution in [3.05, 3.63) is 39.7 Å². The van der Waals surface area contributed by atoms with Crippen molar-refractivity contribution in [3.63, 3.8) is 0 Å². The number of benzene rings is 2. The lowest BCUT2D eigenvalue weighted by Gasteiger charge is -2.20. The number of likely N-dealkylation sites (tertiary alicyclic amines) is 1. The first-order valence-electron chi connectivity index (χ1n) is 14.3. The number of nitriles is 1. The summed E-state index contributed by atoms with van der Waals surface area (Å²) in [7, 11) is 1.77. The van der Waals surface area contributed by atoms with Gasteiger partial charge >= 0.3 is 6.09 Å². The molecule has 0 spiro atoms. The van der Waals surface area contributed by atoms with Gasteiger partial charge in [0, 0.05) is 24.5 Å². The van der Waals surface area contributed by atoms with E-state index < -0.39 is 23.6 Å². The van der Waals surface area contributed by atoms with Crippen molar-refractivity contribution < 1.29 is 23.5 Å². The number of thioether (sulfide) groups is 1. The first kappa shape index (κ1) is 31.3. The van der Waals surface area contributed by atoms with E-state index in [0.29, 0.717) is 57.1 Å². The average molecular weight is 669 g/mol. The molecule has 0 saturated carbocycles. The number of nitrogens with one attached hydrogen (secondary N) is 2. The van der Waals surface area contributed by atoms with Gasteiger partial charge in [-0.1, -0.05) is 36.4 Å². The summed E-state index contributed by atoms with van der Waals surface area (Å²) in [6.07, 6.45) is -0.126. The van der Waals surface area contributed by atoms with E-state index in [1.807, 2.05) is 6.92 Å². The van der Waals surface area contributed by atoms with Crippen LogP contribution in [0.1, 0.15) is 50.8 Å². The maximum Gasteiger partial charge on any atom is 0.412 e. The Morgan fingerprint density at radius 2 is 2.04 bits per heavy atom. The second kappa shape index (κ2) is 11.9. The lowest BCUT2D eigenvalue weighted by Crippen LogP contribution is -2.31. The second-order valence-corrected chi connectivity index (χ2v) is 14.4. The van der Waals surface area contributed by atoms with Gasteiger partial charge in [-0.3, -0.25) is 10.1 Å². The number of hydrogen-bond acceptors (Lipinski definition) is 10. The number of hydrogen-bond donors (Lipinski definition) is 2. The lowest BCUT2D eigenvalue weighted by atomic mass is 9.91. The highest BCUT2D eigenvalue weighted by atomic mass is 35.5. The number of fused-ring (bicyclic) bond motifs is 4. The summed E-state index contributed by atoms with van der Waals surface area (Å²) in [6.45, 7) is 8.26. The Balaban J connectivity index is 1.58. The summed E-state index contributed by atoms with van der Waals surface area (Å²) in [6, 6.07) is 4.62. The largest absolute Gasteiger partial charge is 0.444 e. The number of rotatable bonds is 6. The average Bonchev–Trinajstić information content (AvgIpc) is 3.68. The minimum absolute atomic E-state index is 0.0203. The van der Waals surface area contributed by atoms with Crippen LogP contribution in [0.3, 0.4) is 0 Å². The van der Waals surface area contributed by atoms with Gasteiger partial charge in [-0.05, 0) is 55.7 Å². The first-order valence-corrected chi connectivity index (χ1v) is 16.5. The van der Waals surface area contributed by atoms with Crippen LogP contribution < -0.4 is 10.6 Å². The van der Waals surface area contributed by atoms with Crippen LogP contribution in [0.2, 0.25) is 5.02 Å². The number of thiophene rings is 1. The minimum atomic E-state index is -0.769. The topological polar surface area (TPSA) is 129 Å². The maximum absolute atomic E-state index is 15.3. The summed E-state index contributed by atoms with van der Waals surface area (Å²) in [5, 5.41) is 18.2. The van der Waals surface area contributed by atoms with Gasteiger partial charge in [0.15, 0.2) is 5.16 Å². The molecule has 1 atom stereocenters. The first-order chi connectivity index (χ1) is 21.4. The van der Waals surface area contributed by atoms with Crippen molar-refractivity contribution in [1.29, 1.82) is 5.26 Å². The molecule has 2 aromatic carbocycles. The molecule has 2 N–H and O–H groups in total. The monoisotopic (exact) mass is 668 g/mol. The van der Waals surface area contributed by atoms with Gasteiger partial charge in [-0.15, -0.1) is 11.3 Å². The van der Waals surface area contributed by atoms with Crippen molar-refractivity contribution in [2.24, 2.45) is 0 Å².